The maximum atomic E-state index is 8.17. The maximum Gasteiger partial charge on any atom is 4.00 e. The summed E-state index contributed by atoms with van der Waals surface area (Å²) in [4.78, 5) is 0. The van der Waals surface area contributed by atoms with Crippen molar-refractivity contribution in [3.05, 3.63) is 0 Å². The third-order valence-electron chi connectivity index (χ3n) is 0. The molecule has 28 valence electrons. The second-order valence-electron chi connectivity index (χ2n) is 0. The van der Waals surface area contributed by atoms with Crippen LogP contribution in [-0.4, -0.2) is 0 Å². The largest absolute Gasteiger partial charge is 4.00 e. The van der Waals surface area contributed by atoms with Crippen LogP contribution in [0, 0.1) is 0 Å². The van der Waals surface area contributed by atoms with Crippen molar-refractivity contribution in [2.45, 2.75) is 0 Å². The Labute approximate surface area is 65.8 Å². The van der Waals surface area contributed by atoms with Crippen LogP contribution in [-0.2, 0) is 56.7 Å². The van der Waals surface area contributed by atoms with Gasteiger partial charge in [0.05, 0.1) is 0 Å². The Morgan fingerprint density at radius 2 is 1.00 bits per heavy atom. The van der Waals surface area contributed by atoms with E-state index in [1.165, 1.54) is 9.12 Å². The molecule has 0 radical (unpaired) electrons. The molecule has 0 saturated carbocycles. The van der Waals surface area contributed by atoms with Gasteiger partial charge in [-0.25, -0.2) is 0 Å². The Kier molecular flexibility index (Phi) is 883. The van der Waals surface area contributed by atoms with Crippen molar-refractivity contribution in [3.8, 4) is 0 Å². The normalized spacial score (nSPS) is 0.667. The standard InChI is InChI=1S/H2OP.2O.Ti.Zn/c1-2;;;;/h2H2;;;;/q+1;2*-2;+4;+2. The molecule has 0 aliphatic heterocycles. The molecule has 0 heterocycles. The minimum atomic E-state index is 0. The predicted molar refractivity (Wildman–Crippen MR) is 11.8 cm³/mol. The van der Waals surface area contributed by atoms with E-state index in [0.717, 1.165) is 0 Å². The first-order valence-electron chi connectivity index (χ1n) is 0.236. The Bertz CT molecular complexity index is 10.8. The number of rotatable bonds is 0. The minimum Gasteiger partial charge on any atom is -2.00 e. The van der Waals surface area contributed by atoms with Crippen LogP contribution < -0.4 is 0 Å². The van der Waals surface area contributed by atoms with E-state index >= 15 is 0 Å². The van der Waals surface area contributed by atoms with Gasteiger partial charge in [0.2, 0.25) is 0 Å². The molecular formula is H2O3PTiZn+3. The molecule has 0 saturated heterocycles. The van der Waals surface area contributed by atoms with Crippen LogP contribution in [0.25, 0.3) is 0 Å². The summed E-state index contributed by atoms with van der Waals surface area (Å²) in [6.07, 6.45) is 0. The molecule has 0 N–H and O–H groups in total. The number of hydrogen-bond acceptors (Lipinski definition) is 1. The van der Waals surface area contributed by atoms with E-state index in [-0.39, 0.29) is 52.1 Å². The zero-order chi connectivity index (χ0) is 2.00. The first-order chi connectivity index (χ1) is 1.00. The van der Waals surface area contributed by atoms with Gasteiger partial charge in [-0.15, -0.1) is 0 Å². The second kappa shape index (κ2) is 99.0. The van der Waals surface area contributed by atoms with E-state index < -0.39 is 0 Å². The molecule has 6 heavy (non-hydrogen) atoms. The van der Waals surface area contributed by atoms with Gasteiger partial charge in [-0.1, -0.05) is 4.57 Å². The molecule has 0 aliphatic rings. The van der Waals surface area contributed by atoms with Gasteiger partial charge in [0.15, 0.2) is 0 Å². The Balaban J connectivity index is -0.000000000833. The molecule has 0 aromatic carbocycles. The van der Waals surface area contributed by atoms with Crippen LogP contribution in [0.3, 0.4) is 0 Å². The summed E-state index contributed by atoms with van der Waals surface area (Å²) >= 11 is 0. The molecule has 0 spiro atoms. The molecule has 0 fully saturated rings. The molecule has 6 heteroatoms. The zero-order valence-corrected chi connectivity index (χ0v) is 8.69. The second-order valence-corrected chi connectivity index (χ2v) is 0. The minimum absolute atomic E-state index is 0. The van der Waals surface area contributed by atoms with E-state index in [0.29, 0.717) is 0 Å². The number of hydrogen-bond donors (Lipinski definition) is 0. The maximum absolute atomic E-state index is 8.17. The third kappa shape index (κ3) is 55.2. The van der Waals surface area contributed by atoms with Gasteiger partial charge in [0.1, 0.15) is 0 Å². The monoisotopic (exact) mass is 193 g/mol. The summed E-state index contributed by atoms with van der Waals surface area (Å²) in [6.45, 7) is 0. The smallest absolute Gasteiger partial charge is 2.00 e. The van der Waals surface area contributed by atoms with Gasteiger partial charge < -0.3 is 11.0 Å². The Morgan fingerprint density at radius 3 is 1.00 bits per heavy atom. The van der Waals surface area contributed by atoms with Crippen molar-refractivity contribution >= 4 is 9.12 Å². The summed E-state index contributed by atoms with van der Waals surface area (Å²) in [5.74, 6) is 0. The van der Waals surface area contributed by atoms with E-state index in [1.807, 2.05) is 0 Å². The molecule has 3 nitrogen and oxygen atoms in total. The molecule has 0 aliphatic carbocycles. The van der Waals surface area contributed by atoms with E-state index in [1.54, 1.807) is 0 Å². The summed E-state index contributed by atoms with van der Waals surface area (Å²) in [6, 6.07) is 0. The van der Waals surface area contributed by atoms with Gasteiger partial charge in [-0.3, -0.25) is 0 Å². The van der Waals surface area contributed by atoms with Crippen LogP contribution in [0.1, 0.15) is 0 Å². The summed E-state index contributed by atoms with van der Waals surface area (Å²) in [7, 11) is 1.17. The first kappa shape index (κ1) is 53.5. The average molecular weight is 194 g/mol. The molecule has 1 unspecified atom stereocenters. The van der Waals surface area contributed by atoms with Crippen molar-refractivity contribution in [2.75, 3.05) is 0 Å². The van der Waals surface area contributed by atoms with Crippen molar-refractivity contribution in [3.63, 3.8) is 0 Å². The van der Waals surface area contributed by atoms with Gasteiger partial charge in [0.25, 0.3) is 0 Å². The van der Waals surface area contributed by atoms with Crippen LogP contribution in [0.2, 0.25) is 0 Å². The van der Waals surface area contributed by atoms with Gasteiger partial charge in [-0.2, -0.15) is 0 Å². The molecule has 0 aromatic heterocycles. The Hall–Kier alpha value is 1.36. The summed E-state index contributed by atoms with van der Waals surface area (Å²) < 4.78 is 8.17. The van der Waals surface area contributed by atoms with E-state index in [2.05, 4.69) is 0 Å². The van der Waals surface area contributed by atoms with Crippen molar-refractivity contribution in [1.82, 2.24) is 0 Å². The van der Waals surface area contributed by atoms with Crippen LogP contribution in [0.4, 0.5) is 0 Å². The zero-order valence-electron chi connectivity index (χ0n) is 3.01. The average Bonchev–Trinajstić information content (AvgIpc) is 1.00. The van der Waals surface area contributed by atoms with Gasteiger partial charge >= 0.3 is 50.3 Å². The first-order valence-corrected chi connectivity index (χ1v) is 0.707. The summed E-state index contributed by atoms with van der Waals surface area (Å²) in [5.41, 5.74) is 0. The third-order valence-corrected chi connectivity index (χ3v) is 0. The quantitative estimate of drug-likeness (QED) is 0.394. The molecule has 0 rings (SSSR count). The van der Waals surface area contributed by atoms with Crippen LogP contribution in [0.15, 0.2) is 0 Å². The summed E-state index contributed by atoms with van der Waals surface area (Å²) in [5, 5.41) is 0. The van der Waals surface area contributed by atoms with Crippen LogP contribution >= 0.6 is 9.12 Å². The van der Waals surface area contributed by atoms with Gasteiger partial charge in [0, 0.05) is 0 Å². The van der Waals surface area contributed by atoms with Crippen molar-refractivity contribution in [2.24, 2.45) is 0 Å². The predicted octanol–water partition coefficient (Wildman–Crippen LogP) is -0.0356. The molecule has 1 atom stereocenters. The molecular weight excluding hydrogens is 192 g/mol. The van der Waals surface area contributed by atoms with Gasteiger partial charge in [-0.05, 0) is 0 Å². The molecule has 0 aromatic rings. The Morgan fingerprint density at radius 1 is 1.00 bits per heavy atom. The van der Waals surface area contributed by atoms with Crippen molar-refractivity contribution in [1.29, 1.82) is 0 Å². The molecule has 0 amide bonds. The van der Waals surface area contributed by atoms with E-state index in [9.17, 15) is 0 Å². The topological polar surface area (TPSA) is 74.1 Å². The van der Waals surface area contributed by atoms with E-state index in [4.69, 9.17) is 4.57 Å². The fourth-order valence-electron chi connectivity index (χ4n) is 0. The molecule has 0 bridgehead atoms. The fourth-order valence-corrected chi connectivity index (χ4v) is 0. The van der Waals surface area contributed by atoms with Crippen molar-refractivity contribution < 1.29 is 56.7 Å². The van der Waals surface area contributed by atoms with Crippen LogP contribution in [0.5, 0.6) is 0 Å². The fraction of sp³-hybridized carbons (Fsp3) is 0. The SMILES string of the molecule is O=[PH2+].[O-2].[O-2].[Ti+4].[Zn+2].